The highest BCUT2D eigenvalue weighted by Gasteiger charge is 2.40. The van der Waals surface area contributed by atoms with Crippen LogP contribution in [0.25, 0.3) is 0 Å². The third kappa shape index (κ3) is 15.6. The standard InChI is InChI=1S/C20H17Cl2F2N5O3.C13H11ClF2N4O4.C7H8ClN.CH4/c21-14-5-3-4-13(8-14)9-25-17(30)11-28-16(22)10-26-18(19(28)31)27-12-20(23,24)15-6-1-2-7-29(15)32;14-9-5-17-11(12(23)19(9)6-10(21)22)18-7-13(15,16)8-3-1-2-4-20(8)24;8-7-3-1-2-6(4-7)5-9;/h1-8,10H,9,11-12H2,(H,25,30)(H,26,27);1-5H,6-7H2,(H,17,18)(H,21,22);1-4H,5,9H2;1H4. The number of nitrogens with one attached hydrogen (secondary N) is 3. The van der Waals surface area contributed by atoms with Crippen LogP contribution in [0.5, 0.6) is 0 Å². The Labute approximate surface area is 393 Å². The van der Waals surface area contributed by atoms with Gasteiger partial charge in [0.05, 0.1) is 25.5 Å². The van der Waals surface area contributed by atoms with Crippen LogP contribution >= 0.6 is 46.4 Å². The van der Waals surface area contributed by atoms with E-state index in [9.17, 15) is 47.2 Å². The number of aliphatic carboxylic acids is 1. The van der Waals surface area contributed by atoms with E-state index in [4.69, 9.17) is 57.2 Å². The molecule has 0 fully saturated rings. The van der Waals surface area contributed by atoms with E-state index < -0.39 is 84.0 Å². The molecule has 352 valence electrons. The first kappa shape index (κ1) is 53.8. The first-order valence-corrected chi connectivity index (χ1v) is 20.0. The Bertz CT molecular complexity index is 2730. The summed E-state index contributed by atoms with van der Waals surface area (Å²) in [5, 5.41) is 39.6. The third-order valence-corrected chi connectivity index (χ3v) is 9.54. The number of hydrogen-bond acceptors (Lipinski definition) is 11. The van der Waals surface area contributed by atoms with E-state index in [1.165, 1.54) is 24.3 Å². The monoisotopic (exact) mass is 1000 g/mol. The molecule has 6 N–H and O–H groups in total. The van der Waals surface area contributed by atoms with Crippen molar-refractivity contribution in [2.24, 2.45) is 5.73 Å². The summed E-state index contributed by atoms with van der Waals surface area (Å²) in [6.07, 6.45) is 3.88. The fraction of sp³-hybridized carbons (Fsp3) is 0.220. The predicted octanol–water partition coefficient (Wildman–Crippen LogP) is 5.96. The van der Waals surface area contributed by atoms with Gasteiger partial charge in [0.1, 0.15) is 23.4 Å². The molecule has 0 aliphatic rings. The molecule has 1 amide bonds. The molecule has 0 saturated heterocycles. The van der Waals surface area contributed by atoms with Crippen molar-refractivity contribution in [3.05, 3.63) is 184 Å². The van der Waals surface area contributed by atoms with Crippen LogP contribution in [-0.4, -0.2) is 49.2 Å². The predicted molar refractivity (Wildman–Crippen MR) is 240 cm³/mol. The molecular formula is C41H40Cl4F4N10O7. The van der Waals surface area contributed by atoms with Gasteiger partial charge < -0.3 is 37.2 Å². The molecule has 0 spiro atoms. The Morgan fingerprint density at radius 1 is 0.697 bits per heavy atom. The summed E-state index contributed by atoms with van der Waals surface area (Å²) in [6.45, 7) is -2.63. The van der Waals surface area contributed by atoms with Gasteiger partial charge in [-0.1, -0.05) is 78.1 Å². The number of alkyl halides is 4. The summed E-state index contributed by atoms with van der Waals surface area (Å²) >= 11 is 23.2. The maximum Gasteiger partial charge on any atom is 0.347 e. The number of nitrogens with two attached hydrogens (primary N) is 1. The Balaban J connectivity index is 0.000000298. The SMILES string of the molecule is C.NCc1cccc(Cl)c1.O=C(Cn1c(Cl)cnc(NCC(F)(F)c2cccc[n+]2[O-])c1=O)NCc1cccc(Cl)c1.O=C(O)Cn1c(Cl)cnc(NCC(F)(F)c2cccc[n+]2[O-])c1=O. The number of rotatable bonds is 15. The number of halogens is 8. The maximum atomic E-state index is 14.4. The number of carboxylic acid groups (broad SMARTS) is 1. The summed E-state index contributed by atoms with van der Waals surface area (Å²) in [5.74, 6) is -9.99. The first-order chi connectivity index (χ1) is 30.7. The number of amides is 1. The van der Waals surface area contributed by atoms with Crippen LogP contribution in [0.2, 0.25) is 20.4 Å². The lowest BCUT2D eigenvalue weighted by Crippen LogP contribution is -2.41. The molecule has 66 heavy (non-hydrogen) atoms. The third-order valence-electron chi connectivity index (χ3n) is 8.46. The molecule has 2 aromatic carbocycles. The number of hydrogen-bond donors (Lipinski definition) is 5. The van der Waals surface area contributed by atoms with Crippen molar-refractivity contribution in [1.82, 2.24) is 24.4 Å². The molecule has 0 radical (unpaired) electrons. The second kappa shape index (κ2) is 24.7. The molecule has 0 saturated carbocycles. The molecule has 0 aliphatic carbocycles. The van der Waals surface area contributed by atoms with E-state index in [2.05, 4.69) is 25.9 Å². The molecular weight excluding hydrogens is 962 g/mol. The van der Waals surface area contributed by atoms with Gasteiger partial charge in [0, 0.05) is 47.4 Å². The number of carboxylic acids is 1. The van der Waals surface area contributed by atoms with Crippen LogP contribution in [0, 0.1) is 10.4 Å². The minimum Gasteiger partial charge on any atom is -0.618 e. The molecule has 25 heteroatoms. The van der Waals surface area contributed by atoms with E-state index >= 15 is 0 Å². The zero-order chi connectivity index (χ0) is 47.9. The Hall–Kier alpha value is -6.52. The van der Waals surface area contributed by atoms with Gasteiger partial charge in [-0.05, 0) is 47.5 Å². The Kier molecular flexibility index (Phi) is 20.1. The topological polar surface area (TPSA) is 240 Å². The number of nitrogens with zero attached hydrogens (tertiary/aromatic N) is 6. The summed E-state index contributed by atoms with van der Waals surface area (Å²) in [4.78, 5) is 54.9. The maximum absolute atomic E-state index is 14.4. The number of aromatic nitrogens is 6. The van der Waals surface area contributed by atoms with Gasteiger partial charge in [-0.2, -0.15) is 27.0 Å². The normalized spacial score (nSPS) is 10.9. The fourth-order valence-corrected chi connectivity index (χ4v) is 6.11. The van der Waals surface area contributed by atoms with Gasteiger partial charge in [-0.3, -0.25) is 28.3 Å². The van der Waals surface area contributed by atoms with Crippen molar-refractivity contribution in [2.45, 2.75) is 45.5 Å². The molecule has 6 aromatic rings. The average Bonchev–Trinajstić information content (AvgIpc) is 3.26. The molecule has 4 aromatic heterocycles. The zero-order valence-electron chi connectivity index (χ0n) is 33.3. The summed E-state index contributed by atoms with van der Waals surface area (Å²) in [5.41, 5.74) is 3.75. The van der Waals surface area contributed by atoms with Gasteiger partial charge in [-0.15, -0.1) is 0 Å². The Morgan fingerprint density at radius 2 is 1.14 bits per heavy atom. The minimum atomic E-state index is -3.59. The number of pyridine rings is 2. The molecule has 4 heterocycles. The largest absolute Gasteiger partial charge is 0.618 e. The van der Waals surface area contributed by atoms with Crippen LogP contribution < -0.4 is 42.3 Å². The van der Waals surface area contributed by atoms with Gasteiger partial charge in [0.15, 0.2) is 24.0 Å². The lowest BCUT2D eigenvalue weighted by molar-refractivity contribution is -0.624. The Morgan fingerprint density at radius 3 is 1.55 bits per heavy atom. The molecule has 6 rings (SSSR count). The van der Waals surface area contributed by atoms with Gasteiger partial charge in [0.2, 0.25) is 5.91 Å². The van der Waals surface area contributed by atoms with E-state index in [0.717, 1.165) is 57.6 Å². The van der Waals surface area contributed by atoms with E-state index in [0.29, 0.717) is 16.1 Å². The second-order valence-electron chi connectivity index (χ2n) is 13.2. The smallest absolute Gasteiger partial charge is 0.347 e. The van der Waals surface area contributed by atoms with Crippen molar-refractivity contribution in [3.63, 3.8) is 0 Å². The van der Waals surface area contributed by atoms with Crippen molar-refractivity contribution in [2.75, 3.05) is 23.7 Å². The molecule has 0 atom stereocenters. The van der Waals surface area contributed by atoms with Crippen LogP contribution in [0.4, 0.5) is 29.2 Å². The molecule has 0 bridgehead atoms. The number of carbonyl (C=O) groups is 2. The number of carbonyl (C=O) groups excluding carboxylic acids is 1. The average molecular weight is 1000 g/mol. The molecule has 0 aliphatic heterocycles. The van der Waals surface area contributed by atoms with Crippen LogP contribution in [0.3, 0.4) is 0 Å². The van der Waals surface area contributed by atoms with Gasteiger partial charge >= 0.3 is 17.8 Å². The van der Waals surface area contributed by atoms with Crippen molar-refractivity contribution in [1.29, 1.82) is 0 Å². The van der Waals surface area contributed by atoms with E-state index in [-0.39, 0.29) is 33.7 Å². The molecule has 17 nitrogen and oxygen atoms in total. The van der Waals surface area contributed by atoms with Gasteiger partial charge in [0.25, 0.3) is 22.5 Å². The van der Waals surface area contributed by atoms with Crippen LogP contribution in [0.1, 0.15) is 29.9 Å². The summed E-state index contributed by atoms with van der Waals surface area (Å²) < 4.78 is 58.6. The quantitative estimate of drug-likeness (QED) is 0.0455. The number of benzene rings is 2. The van der Waals surface area contributed by atoms with Gasteiger partial charge in [-0.25, -0.2) is 9.97 Å². The highest BCUT2D eigenvalue weighted by molar-refractivity contribution is 6.31. The van der Waals surface area contributed by atoms with Crippen molar-refractivity contribution < 1.29 is 41.7 Å². The highest BCUT2D eigenvalue weighted by Crippen LogP contribution is 2.26. The first-order valence-electron chi connectivity index (χ1n) is 18.5. The minimum absolute atomic E-state index is 0. The lowest BCUT2D eigenvalue weighted by Gasteiger charge is -2.17. The van der Waals surface area contributed by atoms with E-state index in [1.807, 2.05) is 24.3 Å². The second-order valence-corrected chi connectivity index (χ2v) is 14.9. The lowest BCUT2D eigenvalue weighted by atomic mass is 10.2. The summed E-state index contributed by atoms with van der Waals surface area (Å²) in [7, 11) is 0. The van der Waals surface area contributed by atoms with Crippen LogP contribution in [-0.2, 0) is 47.6 Å². The van der Waals surface area contributed by atoms with Crippen molar-refractivity contribution >= 4 is 69.9 Å². The van der Waals surface area contributed by atoms with E-state index in [1.54, 1.807) is 24.3 Å². The van der Waals surface area contributed by atoms with Crippen molar-refractivity contribution in [3.8, 4) is 0 Å². The van der Waals surface area contributed by atoms with Crippen LogP contribution in [0.15, 0.2) is 119 Å². The highest BCUT2D eigenvalue weighted by atomic mass is 35.5. The molecule has 0 unspecified atom stereocenters. The number of anilines is 2. The fourth-order valence-electron chi connectivity index (χ4n) is 5.31. The summed E-state index contributed by atoms with van der Waals surface area (Å²) in [6, 6.07) is 21.5. The zero-order valence-corrected chi connectivity index (χ0v) is 36.3.